The first kappa shape index (κ1) is 20.0. The van der Waals surface area contributed by atoms with Gasteiger partial charge in [0.25, 0.3) is 0 Å². The minimum Gasteiger partial charge on any atom is -0.284 e. The van der Waals surface area contributed by atoms with E-state index in [9.17, 15) is 17.6 Å². The number of nitrogens with one attached hydrogen (secondary N) is 1. The molecule has 1 heterocycles. The van der Waals surface area contributed by atoms with Gasteiger partial charge in [0.1, 0.15) is 5.82 Å². The summed E-state index contributed by atoms with van der Waals surface area (Å²) in [5.41, 5.74) is 2.78. The van der Waals surface area contributed by atoms with E-state index in [4.69, 9.17) is 0 Å². The molecule has 0 unspecified atom stereocenters. The largest absolute Gasteiger partial charge is 0.284 e. The molecule has 0 spiro atoms. The van der Waals surface area contributed by atoms with Crippen LogP contribution in [-0.2, 0) is 14.8 Å². The average Bonchev–Trinajstić information content (AvgIpc) is 3.06. The fraction of sp³-hybridized carbons (Fsp3) is 0.300. The molecule has 28 heavy (non-hydrogen) atoms. The summed E-state index contributed by atoms with van der Waals surface area (Å²) in [5.74, 6) is -0.675. The topological polar surface area (TPSA) is 78.8 Å². The van der Waals surface area contributed by atoms with Gasteiger partial charge in [0, 0.05) is 18.0 Å². The Balaban J connectivity index is 1.90. The summed E-state index contributed by atoms with van der Waals surface area (Å²) in [4.78, 5) is 12.7. The van der Waals surface area contributed by atoms with Crippen molar-refractivity contribution in [1.82, 2.24) is 5.01 Å². The predicted molar refractivity (Wildman–Crippen MR) is 107 cm³/mol. The third-order valence-electron chi connectivity index (χ3n) is 4.41. The van der Waals surface area contributed by atoms with E-state index < -0.39 is 10.0 Å². The molecule has 1 N–H and O–H groups in total. The molecular formula is C20H22FN3O3S. The molecule has 0 bridgehead atoms. The second-order valence-corrected chi connectivity index (χ2v) is 8.86. The summed E-state index contributed by atoms with van der Waals surface area (Å²) >= 11 is 0. The van der Waals surface area contributed by atoms with Crippen LogP contribution in [0.4, 0.5) is 10.1 Å². The molecule has 1 aliphatic heterocycles. The molecule has 0 fully saturated rings. The number of sulfonamides is 1. The number of halogens is 1. The third-order valence-corrected chi connectivity index (χ3v) is 5.01. The normalized spacial score (nSPS) is 17.0. The first-order valence-corrected chi connectivity index (χ1v) is 10.8. The maximum Gasteiger partial charge on any atom is 0.245 e. The Morgan fingerprint density at radius 2 is 1.75 bits per heavy atom. The lowest BCUT2D eigenvalue weighted by molar-refractivity contribution is -0.136. The van der Waals surface area contributed by atoms with Crippen LogP contribution in [0.3, 0.4) is 0 Å². The number of hydrogen-bond donors (Lipinski definition) is 1. The van der Waals surface area contributed by atoms with Gasteiger partial charge in [-0.2, -0.15) is 5.10 Å². The number of hydrazone groups is 1. The Morgan fingerprint density at radius 3 is 2.29 bits per heavy atom. The van der Waals surface area contributed by atoms with E-state index in [0.29, 0.717) is 17.8 Å². The van der Waals surface area contributed by atoms with Crippen molar-refractivity contribution in [1.29, 1.82) is 0 Å². The molecule has 2 aromatic carbocycles. The van der Waals surface area contributed by atoms with Crippen LogP contribution in [0.1, 0.15) is 37.4 Å². The number of rotatable bonds is 5. The van der Waals surface area contributed by atoms with E-state index in [0.717, 1.165) is 17.4 Å². The highest BCUT2D eigenvalue weighted by Crippen LogP contribution is 2.34. The lowest BCUT2D eigenvalue weighted by atomic mass is 9.98. The molecule has 3 rings (SSSR count). The zero-order valence-corrected chi connectivity index (χ0v) is 16.7. The maximum absolute atomic E-state index is 13.3. The number of benzene rings is 2. The van der Waals surface area contributed by atoms with Crippen LogP contribution in [-0.4, -0.2) is 31.3 Å². The lowest BCUT2D eigenvalue weighted by Gasteiger charge is -2.23. The minimum absolute atomic E-state index is 0.111. The van der Waals surface area contributed by atoms with E-state index in [1.54, 1.807) is 36.4 Å². The van der Waals surface area contributed by atoms with Gasteiger partial charge in [-0.05, 0) is 35.4 Å². The summed E-state index contributed by atoms with van der Waals surface area (Å²) in [6.45, 7) is 3.62. The number of anilines is 1. The Bertz CT molecular complexity index is 1000. The summed E-state index contributed by atoms with van der Waals surface area (Å²) in [7, 11) is -3.35. The van der Waals surface area contributed by atoms with E-state index in [2.05, 4.69) is 9.82 Å². The SMILES string of the molecule is CC(C)C(=O)N1N=C(c2ccc(NS(C)(=O)=O)cc2)C[C@@H]1c1ccc(F)cc1. The second-order valence-electron chi connectivity index (χ2n) is 7.11. The van der Waals surface area contributed by atoms with Crippen molar-refractivity contribution in [3.63, 3.8) is 0 Å². The first-order valence-electron chi connectivity index (χ1n) is 8.88. The van der Waals surface area contributed by atoms with Crippen LogP contribution in [0, 0.1) is 11.7 Å². The van der Waals surface area contributed by atoms with Crippen molar-refractivity contribution in [2.45, 2.75) is 26.3 Å². The lowest BCUT2D eigenvalue weighted by Crippen LogP contribution is -2.30. The molecule has 1 atom stereocenters. The Labute approximate surface area is 164 Å². The summed E-state index contributed by atoms with van der Waals surface area (Å²) in [6.07, 6.45) is 1.58. The fourth-order valence-corrected chi connectivity index (χ4v) is 3.61. The van der Waals surface area contributed by atoms with Crippen LogP contribution in [0.5, 0.6) is 0 Å². The van der Waals surface area contributed by atoms with Crippen molar-refractivity contribution in [2.24, 2.45) is 11.0 Å². The maximum atomic E-state index is 13.3. The van der Waals surface area contributed by atoms with Gasteiger partial charge in [0.2, 0.25) is 15.9 Å². The molecule has 1 aliphatic rings. The molecule has 0 saturated carbocycles. The van der Waals surface area contributed by atoms with Crippen LogP contribution in [0.25, 0.3) is 0 Å². The van der Waals surface area contributed by atoms with Gasteiger partial charge in [-0.25, -0.2) is 17.8 Å². The quantitative estimate of drug-likeness (QED) is 0.829. The smallest absolute Gasteiger partial charge is 0.245 e. The van der Waals surface area contributed by atoms with Gasteiger partial charge in [0.15, 0.2) is 0 Å². The second kappa shape index (κ2) is 7.71. The molecule has 6 nitrogen and oxygen atoms in total. The molecule has 148 valence electrons. The van der Waals surface area contributed by atoms with E-state index >= 15 is 0 Å². The van der Waals surface area contributed by atoms with Crippen LogP contribution in [0.2, 0.25) is 0 Å². The van der Waals surface area contributed by atoms with Gasteiger partial charge in [0.05, 0.1) is 18.0 Å². The Hall–Kier alpha value is -2.74. The monoisotopic (exact) mass is 403 g/mol. The van der Waals surface area contributed by atoms with Crippen molar-refractivity contribution >= 4 is 27.3 Å². The highest BCUT2D eigenvalue weighted by atomic mass is 32.2. The van der Waals surface area contributed by atoms with E-state index in [-0.39, 0.29) is 23.7 Å². The van der Waals surface area contributed by atoms with Gasteiger partial charge in [-0.3, -0.25) is 9.52 Å². The van der Waals surface area contributed by atoms with E-state index in [1.165, 1.54) is 17.1 Å². The van der Waals surface area contributed by atoms with Crippen molar-refractivity contribution in [3.8, 4) is 0 Å². The third kappa shape index (κ3) is 4.56. The minimum atomic E-state index is -3.35. The molecule has 8 heteroatoms. The van der Waals surface area contributed by atoms with Gasteiger partial charge >= 0.3 is 0 Å². The zero-order valence-electron chi connectivity index (χ0n) is 15.9. The standard InChI is InChI=1S/C20H22FN3O3S/c1-13(2)20(25)24-19(15-4-8-16(21)9-5-15)12-18(22-24)14-6-10-17(11-7-14)23-28(3,26)27/h4-11,13,19,23H,12H2,1-3H3/t19-/m1/s1. The predicted octanol–water partition coefficient (Wildman–Crippen LogP) is 3.53. The van der Waals surface area contributed by atoms with Crippen molar-refractivity contribution in [2.75, 3.05) is 11.0 Å². The summed E-state index contributed by atoms with van der Waals surface area (Å²) in [6, 6.07) is 12.6. The molecule has 0 aliphatic carbocycles. The molecule has 0 radical (unpaired) electrons. The van der Waals surface area contributed by atoms with Crippen molar-refractivity contribution < 1.29 is 17.6 Å². The van der Waals surface area contributed by atoms with Gasteiger partial charge in [-0.15, -0.1) is 0 Å². The Kier molecular flexibility index (Phi) is 5.51. The number of amides is 1. The Morgan fingerprint density at radius 1 is 1.14 bits per heavy atom. The highest BCUT2D eigenvalue weighted by molar-refractivity contribution is 7.92. The first-order chi connectivity index (χ1) is 13.1. The van der Waals surface area contributed by atoms with Crippen LogP contribution < -0.4 is 4.72 Å². The molecular weight excluding hydrogens is 381 g/mol. The number of nitrogens with zero attached hydrogens (tertiary/aromatic N) is 2. The molecule has 2 aromatic rings. The number of hydrogen-bond acceptors (Lipinski definition) is 4. The van der Waals surface area contributed by atoms with E-state index in [1.807, 2.05) is 13.8 Å². The van der Waals surface area contributed by atoms with Gasteiger partial charge < -0.3 is 0 Å². The van der Waals surface area contributed by atoms with Crippen LogP contribution >= 0.6 is 0 Å². The summed E-state index contributed by atoms with van der Waals surface area (Å²) in [5, 5.41) is 6.00. The van der Waals surface area contributed by atoms with Crippen molar-refractivity contribution in [3.05, 3.63) is 65.5 Å². The zero-order chi connectivity index (χ0) is 20.5. The number of carbonyl (C=O) groups is 1. The van der Waals surface area contributed by atoms with Gasteiger partial charge in [-0.1, -0.05) is 38.1 Å². The summed E-state index contributed by atoms with van der Waals surface area (Å²) < 4.78 is 38.4. The van der Waals surface area contributed by atoms with Crippen LogP contribution in [0.15, 0.2) is 53.6 Å². The number of carbonyl (C=O) groups excluding carboxylic acids is 1. The molecule has 0 aromatic heterocycles. The molecule has 0 saturated heterocycles. The molecule has 1 amide bonds. The average molecular weight is 403 g/mol. The highest BCUT2D eigenvalue weighted by Gasteiger charge is 2.34. The fourth-order valence-electron chi connectivity index (χ4n) is 3.04.